The first-order valence-corrected chi connectivity index (χ1v) is 7.34. The Morgan fingerprint density at radius 1 is 1.05 bits per heavy atom. The predicted octanol–water partition coefficient (Wildman–Crippen LogP) is 3.93. The van der Waals surface area contributed by atoms with Crippen LogP contribution in [-0.2, 0) is 6.42 Å². The van der Waals surface area contributed by atoms with Gasteiger partial charge in [-0.3, -0.25) is 0 Å². The number of methoxy groups -OCH3 is 1. The van der Waals surface area contributed by atoms with Gasteiger partial charge in [0.1, 0.15) is 5.75 Å². The summed E-state index contributed by atoms with van der Waals surface area (Å²) < 4.78 is 5.18. The van der Waals surface area contributed by atoms with E-state index in [2.05, 4.69) is 26.0 Å². The van der Waals surface area contributed by atoms with E-state index in [-0.39, 0.29) is 5.54 Å². The molecule has 0 amide bonds. The molecule has 2 rings (SSSR count). The quantitative estimate of drug-likeness (QED) is 0.891. The first-order valence-electron chi connectivity index (χ1n) is 7.34. The summed E-state index contributed by atoms with van der Waals surface area (Å²) in [5.74, 6) is 0.922. The molecule has 0 aromatic heterocycles. The second kappa shape index (κ2) is 5.54. The van der Waals surface area contributed by atoms with Crippen molar-refractivity contribution in [3.63, 3.8) is 0 Å². The molecule has 0 radical (unpaired) electrons. The Balaban J connectivity index is 1.87. The smallest absolute Gasteiger partial charge is 0.118 e. The van der Waals surface area contributed by atoms with Crippen LogP contribution in [0.15, 0.2) is 24.3 Å². The molecule has 1 aromatic carbocycles. The maximum atomic E-state index is 6.56. The molecule has 19 heavy (non-hydrogen) atoms. The largest absolute Gasteiger partial charge is 0.497 e. The monoisotopic (exact) mass is 261 g/mol. The fraction of sp³-hybridized carbons (Fsp3) is 0.647. The van der Waals surface area contributed by atoms with Crippen molar-refractivity contribution in [1.29, 1.82) is 0 Å². The highest BCUT2D eigenvalue weighted by molar-refractivity contribution is 5.27. The average molecular weight is 261 g/mol. The van der Waals surface area contributed by atoms with E-state index in [1.165, 1.54) is 18.4 Å². The summed E-state index contributed by atoms with van der Waals surface area (Å²) in [7, 11) is 1.70. The number of nitrogens with two attached hydrogens (primary N) is 1. The Morgan fingerprint density at radius 2 is 1.63 bits per heavy atom. The number of ether oxygens (including phenoxy) is 1. The molecular weight excluding hydrogens is 234 g/mol. The van der Waals surface area contributed by atoms with Gasteiger partial charge in [0.25, 0.3) is 0 Å². The summed E-state index contributed by atoms with van der Waals surface area (Å²) in [5, 5.41) is 0. The van der Waals surface area contributed by atoms with E-state index < -0.39 is 0 Å². The van der Waals surface area contributed by atoms with E-state index in [0.29, 0.717) is 5.41 Å². The first kappa shape index (κ1) is 14.4. The van der Waals surface area contributed by atoms with Gasteiger partial charge in [-0.15, -0.1) is 0 Å². The van der Waals surface area contributed by atoms with Crippen molar-refractivity contribution in [2.75, 3.05) is 7.11 Å². The highest BCUT2D eigenvalue weighted by Gasteiger charge is 2.34. The fourth-order valence-corrected chi connectivity index (χ4v) is 2.86. The van der Waals surface area contributed by atoms with Crippen molar-refractivity contribution in [2.45, 2.75) is 57.9 Å². The van der Waals surface area contributed by atoms with E-state index in [9.17, 15) is 0 Å². The second-order valence-corrected chi connectivity index (χ2v) is 6.87. The van der Waals surface area contributed by atoms with E-state index in [1.807, 2.05) is 12.1 Å². The van der Waals surface area contributed by atoms with Gasteiger partial charge >= 0.3 is 0 Å². The Bertz CT molecular complexity index is 398. The molecule has 0 unspecified atom stereocenters. The molecule has 106 valence electrons. The normalized spacial score (nSPS) is 21.1. The van der Waals surface area contributed by atoms with E-state index in [0.717, 1.165) is 31.4 Å². The number of hydrogen-bond donors (Lipinski definition) is 1. The van der Waals surface area contributed by atoms with Crippen molar-refractivity contribution in [3.05, 3.63) is 29.8 Å². The van der Waals surface area contributed by atoms with Crippen LogP contribution < -0.4 is 10.5 Å². The van der Waals surface area contributed by atoms with Crippen LogP contribution in [0.25, 0.3) is 0 Å². The van der Waals surface area contributed by atoms with E-state index >= 15 is 0 Å². The lowest BCUT2D eigenvalue weighted by Crippen LogP contribution is -2.45. The van der Waals surface area contributed by atoms with Gasteiger partial charge in [0, 0.05) is 5.54 Å². The van der Waals surface area contributed by atoms with Crippen LogP contribution in [-0.4, -0.2) is 12.6 Å². The van der Waals surface area contributed by atoms with Gasteiger partial charge in [0.15, 0.2) is 0 Å². The van der Waals surface area contributed by atoms with E-state index in [1.54, 1.807) is 7.11 Å². The molecule has 0 saturated heterocycles. The molecule has 1 aliphatic rings. The van der Waals surface area contributed by atoms with Gasteiger partial charge in [-0.25, -0.2) is 0 Å². The van der Waals surface area contributed by atoms with Gasteiger partial charge in [-0.2, -0.15) is 0 Å². The third-order valence-corrected chi connectivity index (χ3v) is 4.67. The summed E-state index contributed by atoms with van der Waals surface area (Å²) >= 11 is 0. The lowest BCUT2D eigenvalue weighted by atomic mass is 9.68. The molecule has 1 aromatic rings. The second-order valence-electron chi connectivity index (χ2n) is 6.87. The van der Waals surface area contributed by atoms with Crippen molar-refractivity contribution in [1.82, 2.24) is 0 Å². The molecule has 0 spiro atoms. The standard InChI is InChI=1S/C17H27NO/c1-16(2)10-12-17(18,13-11-16)9-8-14-4-6-15(19-3)7-5-14/h4-7H,8-13,18H2,1-3H3. The first-order chi connectivity index (χ1) is 8.92. The molecular formula is C17H27NO. The van der Waals surface area contributed by atoms with Crippen LogP contribution >= 0.6 is 0 Å². The summed E-state index contributed by atoms with van der Waals surface area (Å²) in [5.41, 5.74) is 8.46. The third kappa shape index (κ3) is 3.97. The highest BCUT2D eigenvalue weighted by Crippen LogP contribution is 2.40. The lowest BCUT2D eigenvalue weighted by Gasteiger charge is -2.41. The van der Waals surface area contributed by atoms with E-state index in [4.69, 9.17) is 10.5 Å². The Labute approximate surface area is 117 Å². The molecule has 2 nitrogen and oxygen atoms in total. The number of benzene rings is 1. The molecule has 0 heterocycles. The fourth-order valence-electron chi connectivity index (χ4n) is 2.86. The van der Waals surface area contributed by atoms with Gasteiger partial charge < -0.3 is 10.5 Å². The van der Waals surface area contributed by atoms with Gasteiger partial charge in [-0.1, -0.05) is 26.0 Å². The van der Waals surface area contributed by atoms with Crippen LogP contribution in [0.4, 0.5) is 0 Å². The molecule has 0 atom stereocenters. The number of rotatable bonds is 4. The maximum absolute atomic E-state index is 6.56. The summed E-state index contributed by atoms with van der Waals surface area (Å²) in [6.45, 7) is 4.71. The van der Waals surface area contributed by atoms with Gasteiger partial charge in [-0.05, 0) is 61.6 Å². The zero-order chi connectivity index (χ0) is 13.9. The van der Waals surface area contributed by atoms with Crippen LogP contribution in [0.5, 0.6) is 5.75 Å². The summed E-state index contributed by atoms with van der Waals surface area (Å²) in [4.78, 5) is 0. The number of aryl methyl sites for hydroxylation is 1. The predicted molar refractivity (Wildman–Crippen MR) is 80.5 cm³/mol. The summed E-state index contributed by atoms with van der Waals surface area (Å²) in [6, 6.07) is 8.36. The van der Waals surface area contributed by atoms with Crippen molar-refractivity contribution < 1.29 is 4.74 Å². The molecule has 1 aliphatic carbocycles. The Hall–Kier alpha value is -1.02. The third-order valence-electron chi connectivity index (χ3n) is 4.67. The molecule has 0 bridgehead atoms. The van der Waals surface area contributed by atoms with Gasteiger partial charge in [0.05, 0.1) is 7.11 Å². The molecule has 2 N–H and O–H groups in total. The Kier molecular flexibility index (Phi) is 4.19. The Morgan fingerprint density at radius 3 is 2.16 bits per heavy atom. The minimum absolute atomic E-state index is 0.0510. The minimum Gasteiger partial charge on any atom is -0.497 e. The SMILES string of the molecule is COc1ccc(CCC2(N)CCC(C)(C)CC2)cc1. The van der Waals surface area contributed by atoms with Crippen LogP contribution in [0.2, 0.25) is 0 Å². The van der Waals surface area contributed by atoms with Gasteiger partial charge in [0.2, 0.25) is 0 Å². The topological polar surface area (TPSA) is 35.2 Å². The highest BCUT2D eigenvalue weighted by atomic mass is 16.5. The van der Waals surface area contributed by atoms with Crippen molar-refractivity contribution in [2.24, 2.45) is 11.1 Å². The lowest BCUT2D eigenvalue weighted by molar-refractivity contribution is 0.158. The van der Waals surface area contributed by atoms with Crippen molar-refractivity contribution in [3.8, 4) is 5.75 Å². The number of hydrogen-bond acceptors (Lipinski definition) is 2. The minimum atomic E-state index is 0.0510. The van der Waals surface area contributed by atoms with Crippen LogP contribution in [0.1, 0.15) is 51.5 Å². The maximum Gasteiger partial charge on any atom is 0.118 e. The molecule has 1 fully saturated rings. The molecule has 2 heteroatoms. The summed E-state index contributed by atoms with van der Waals surface area (Å²) in [6.07, 6.45) is 7.00. The van der Waals surface area contributed by atoms with Crippen LogP contribution in [0.3, 0.4) is 0 Å². The van der Waals surface area contributed by atoms with Crippen LogP contribution in [0, 0.1) is 5.41 Å². The average Bonchev–Trinajstić information content (AvgIpc) is 2.41. The molecule has 0 aliphatic heterocycles. The van der Waals surface area contributed by atoms with Crippen molar-refractivity contribution >= 4 is 0 Å². The zero-order valence-electron chi connectivity index (χ0n) is 12.5. The molecule has 1 saturated carbocycles. The zero-order valence-corrected chi connectivity index (χ0v) is 12.5.